The molecule has 0 bridgehead atoms. The monoisotopic (exact) mass is 565 g/mol. The molecule has 0 amide bonds. The van der Waals surface area contributed by atoms with E-state index in [0.717, 1.165) is 31.7 Å². The maximum atomic E-state index is 14.8. The summed E-state index contributed by atoms with van der Waals surface area (Å²) < 4.78 is 79.9. The summed E-state index contributed by atoms with van der Waals surface area (Å²) in [5, 5.41) is 5.66. The molecule has 1 aromatic carbocycles. The zero-order chi connectivity index (χ0) is 29.2. The molecule has 13 heteroatoms. The Bertz CT molecular complexity index is 1660. The number of hydrogen-bond acceptors (Lipinski definition) is 5. The molecular formula is C27H25F6N5O2. The molecule has 1 aliphatic carbocycles. The number of benzene rings is 1. The number of aryl methyl sites for hydroxylation is 2. The SMILES string of the molecule is CCCCCn1ccc2cc(-c3cc4c(cn3)C(F)(F)CC4)c(F)cc2c1=O.Nc1cn[nH]c(=O)c1C(F)(F)F. The first-order chi connectivity index (χ1) is 18.8. The average Bonchev–Trinajstić information content (AvgIpc) is 3.19. The minimum absolute atomic E-state index is 0.0765. The first kappa shape index (κ1) is 28.8. The number of fused-ring (bicyclic) bond motifs is 2. The third-order valence-electron chi connectivity index (χ3n) is 6.60. The number of alkyl halides is 5. The summed E-state index contributed by atoms with van der Waals surface area (Å²) in [5.74, 6) is -3.45. The highest BCUT2D eigenvalue weighted by Gasteiger charge is 2.39. The Balaban J connectivity index is 0.000000259. The van der Waals surface area contributed by atoms with Gasteiger partial charge in [0.1, 0.15) is 11.4 Å². The van der Waals surface area contributed by atoms with Crippen LogP contribution >= 0.6 is 0 Å². The molecule has 0 radical (unpaired) electrons. The second-order valence-electron chi connectivity index (χ2n) is 9.40. The molecule has 3 aromatic heterocycles. The molecule has 0 unspecified atom stereocenters. The topological polar surface area (TPSA) is 107 Å². The van der Waals surface area contributed by atoms with Gasteiger partial charge in [-0.2, -0.15) is 18.3 Å². The van der Waals surface area contributed by atoms with Gasteiger partial charge in [0.2, 0.25) is 0 Å². The maximum absolute atomic E-state index is 14.8. The Morgan fingerprint density at radius 2 is 1.88 bits per heavy atom. The first-order valence-electron chi connectivity index (χ1n) is 12.4. The molecule has 0 saturated heterocycles. The first-order valence-corrected chi connectivity index (χ1v) is 12.4. The quantitative estimate of drug-likeness (QED) is 0.235. The molecule has 0 saturated carbocycles. The van der Waals surface area contributed by atoms with Gasteiger partial charge in [-0.15, -0.1) is 0 Å². The second kappa shape index (κ2) is 11.1. The van der Waals surface area contributed by atoms with Crippen molar-refractivity contribution in [2.45, 2.75) is 57.7 Å². The summed E-state index contributed by atoms with van der Waals surface area (Å²) >= 11 is 0. The molecule has 7 nitrogen and oxygen atoms in total. The number of H-pyrrole nitrogens is 1. The summed E-state index contributed by atoms with van der Waals surface area (Å²) in [7, 11) is 0. The maximum Gasteiger partial charge on any atom is 0.423 e. The van der Waals surface area contributed by atoms with Crippen LogP contribution in [0.2, 0.25) is 0 Å². The highest BCUT2D eigenvalue weighted by molar-refractivity contribution is 5.86. The highest BCUT2D eigenvalue weighted by Crippen LogP contribution is 2.42. The van der Waals surface area contributed by atoms with Gasteiger partial charge in [-0.05, 0) is 48.1 Å². The van der Waals surface area contributed by atoms with Crippen LogP contribution in [0.4, 0.5) is 32.0 Å². The van der Waals surface area contributed by atoms with E-state index in [0.29, 0.717) is 28.6 Å². The predicted octanol–water partition coefficient (Wildman–Crippen LogP) is 5.80. The Morgan fingerprint density at radius 3 is 2.52 bits per heavy atom. The average molecular weight is 566 g/mol. The highest BCUT2D eigenvalue weighted by atomic mass is 19.4. The lowest BCUT2D eigenvalue weighted by molar-refractivity contribution is -0.138. The van der Waals surface area contributed by atoms with Gasteiger partial charge in [0.25, 0.3) is 17.0 Å². The minimum atomic E-state index is -4.74. The zero-order valence-electron chi connectivity index (χ0n) is 21.3. The lowest BCUT2D eigenvalue weighted by Gasteiger charge is -2.11. The van der Waals surface area contributed by atoms with Crippen LogP contribution in [0.3, 0.4) is 0 Å². The summed E-state index contributed by atoms with van der Waals surface area (Å²) in [5.41, 5.74) is 2.22. The third kappa shape index (κ3) is 5.87. The number of aromatic amines is 1. The van der Waals surface area contributed by atoms with Crippen molar-refractivity contribution in [3.05, 3.63) is 86.1 Å². The molecule has 4 aromatic rings. The number of rotatable bonds is 5. The van der Waals surface area contributed by atoms with E-state index in [2.05, 4.69) is 17.0 Å². The van der Waals surface area contributed by atoms with Crippen molar-refractivity contribution in [2.24, 2.45) is 0 Å². The van der Waals surface area contributed by atoms with E-state index in [1.807, 2.05) is 0 Å². The predicted molar refractivity (Wildman–Crippen MR) is 137 cm³/mol. The summed E-state index contributed by atoms with van der Waals surface area (Å²) in [4.78, 5) is 27.3. The lowest BCUT2D eigenvalue weighted by Crippen LogP contribution is -2.24. The van der Waals surface area contributed by atoms with Gasteiger partial charge in [0.15, 0.2) is 0 Å². The number of aromatic nitrogens is 4. The van der Waals surface area contributed by atoms with Gasteiger partial charge in [-0.3, -0.25) is 14.6 Å². The molecular weight excluding hydrogens is 540 g/mol. The Morgan fingerprint density at radius 1 is 1.12 bits per heavy atom. The van der Waals surface area contributed by atoms with Gasteiger partial charge in [-0.25, -0.2) is 18.3 Å². The number of anilines is 1. The fraction of sp³-hybridized carbons (Fsp3) is 0.333. The number of nitrogens with two attached hydrogens (primary N) is 1. The number of pyridine rings is 2. The van der Waals surface area contributed by atoms with Crippen molar-refractivity contribution < 1.29 is 26.3 Å². The fourth-order valence-corrected chi connectivity index (χ4v) is 4.52. The normalized spacial score (nSPS) is 14.1. The van der Waals surface area contributed by atoms with Crippen LogP contribution in [0.15, 0.2) is 52.4 Å². The minimum Gasteiger partial charge on any atom is -0.397 e. The molecule has 5 rings (SSSR count). The van der Waals surface area contributed by atoms with E-state index in [-0.39, 0.29) is 29.5 Å². The number of nitrogen functional groups attached to an aromatic ring is 1. The van der Waals surface area contributed by atoms with Crippen molar-refractivity contribution in [3.8, 4) is 11.3 Å². The number of unbranched alkanes of at least 4 members (excludes halogenated alkanes) is 2. The van der Waals surface area contributed by atoms with Gasteiger partial charge in [-0.1, -0.05) is 19.8 Å². The van der Waals surface area contributed by atoms with Crippen molar-refractivity contribution in [1.82, 2.24) is 19.7 Å². The van der Waals surface area contributed by atoms with E-state index in [4.69, 9.17) is 5.73 Å². The van der Waals surface area contributed by atoms with E-state index in [1.165, 1.54) is 12.1 Å². The van der Waals surface area contributed by atoms with Crippen LogP contribution in [0, 0.1) is 5.82 Å². The summed E-state index contributed by atoms with van der Waals surface area (Å²) in [6.45, 7) is 2.70. The number of nitrogens with one attached hydrogen (secondary N) is 1. The van der Waals surface area contributed by atoms with E-state index in [9.17, 15) is 35.9 Å². The Labute approximate surface area is 223 Å². The second-order valence-corrected chi connectivity index (χ2v) is 9.40. The molecule has 1 aliphatic rings. The number of hydrogen-bond donors (Lipinski definition) is 2. The number of halogens is 6. The van der Waals surface area contributed by atoms with Gasteiger partial charge < -0.3 is 10.3 Å². The molecule has 3 heterocycles. The van der Waals surface area contributed by atoms with Gasteiger partial charge in [0.05, 0.1) is 23.0 Å². The van der Waals surface area contributed by atoms with Gasteiger partial charge in [0, 0.05) is 36.5 Å². The van der Waals surface area contributed by atoms with Crippen LogP contribution in [-0.2, 0) is 25.1 Å². The van der Waals surface area contributed by atoms with Crippen LogP contribution in [0.1, 0.15) is 49.3 Å². The molecule has 3 N–H and O–H groups in total. The van der Waals surface area contributed by atoms with Crippen molar-refractivity contribution in [1.29, 1.82) is 0 Å². The van der Waals surface area contributed by atoms with E-state index in [1.54, 1.807) is 28.0 Å². The summed E-state index contributed by atoms with van der Waals surface area (Å²) in [6, 6.07) is 6.12. The van der Waals surface area contributed by atoms with Crippen LogP contribution in [0.25, 0.3) is 22.0 Å². The Hall–Kier alpha value is -4.16. The van der Waals surface area contributed by atoms with Crippen molar-refractivity contribution in [3.63, 3.8) is 0 Å². The molecule has 40 heavy (non-hydrogen) atoms. The molecule has 0 spiro atoms. The van der Waals surface area contributed by atoms with Crippen LogP contribution < -0.4 is 16.9 Å². The van der Waals surface area contributed by atoms with Gasteiger partial charge >= 0.3 is 6.18 Å². The standard InChI is InChI=1S/C22H21F3N2O.C5H4F3N3O/c1-2-3-4-8-27-9-6-14-10-17(19(23)12-16(14)21(27)28)20-11-15-5-7-22(24,25)18(15)13-26-20;6-5(7,8)3-2(9)1-10-11-4(3)12/h6,9-13H,2-5,7-8H2,1H3;1H,(H3,9,11,12). The lowest BCUT2D eigenvalue weighted by atomic mass is 10.0. The third-order valence-corrected chi connectivity index (χ3v) is 6.60. The molecule has 0 aliphatic heterocycles. The van der Waals surface area contributed by atoms with Crippen LogP contribution in [-0.4, -0.2) is 19.7 Å². The molecule has 212 valence electrons. The summed E-state index contributed by atoms with van der Waals surface area (Å²) in [6.07, 6.45) is 1.85. The Kier molecular flexibility index (Phi) is 8.03. The van der Waals surface area contributed by atoms with Crippen molar-refractivity contribution in [2.75, 3.05) is 5.73 Å². The molecule has 0 fully saturated rings. The van der Waals surface area contributed by atoms with Crippen LogP contribution in [0.5, 0.6) is 0 Å². The largest absolute Gasteiger partial charge is 0.423 e. The van der Waals surface area contributed by atoms with E-state index < -0.39 is 34.7 Å². The smallest absolute Gasteiger partial charge is 0.397 e. The zero-order valence-corrected chi connectivity index (χ0v) is 21.3. The fourth-order valence-electron chi connectivity index (χ4n) is 4.52. The van der Waals surface area contributed by atoms with E-state index >= 15 is 0 Å². The van der Waals surface area contributed by atoms with Crippen molar-refractivity contribution >= 4 is 16.5 Å². The molecule has 0 atom stereocenters. The number of nitrogens with zero attached hydrogens (tertiary/aromatic N) is 3.